The van der Waals surface area contributed by atoms with E-state index in [1.54, 1.807) is 0 Å². The van der Waals surface area contributed by atoms with E-state index in [-0.39, 0.29) is 5.91 Å². The third kappa shape index (κ3) is 2.59. The summed E-state index contributed by atoms with van der Waals surface area (Å²) in [6.07, 6.45) is 2.54. The molecule has 0 spiro atoms. The Bertz CT molecular complexity index is 458. The van der Waals surface area contributed by atoms with E-state index in [1.165, 1.54) is 11.3 Å². The zero-order valence-corrected chi connectivity index (χ0v) is 11.8. The SMILES string of the molecule is CCC(CC)(CN)C(=O)Nc1ccc2c(c1)CCN2. The molecule has 1 aromatic carbocycles. The van der Waals surface area contributed by atoms with Gasteiger partial charge >= 0.3 is 0 Å². The van der Waals surface area contributed by atoms with Crippen molar-refractivity contribution in [2.75, 3.05) is 23.7 Å². The molecule has 4 nitrogen and oxygen atoms in total. The number of carbonyl (C=O) groups excluding carboxylic acids is 1. The van der Waals surface area contributed by atoms with Crippen molar-refractivity contribution in [1.29, 1.82) is 0 Å². The summed E-state index contributed by atoms with van der Waals surface area (Å²) >= 11 is 0. The van der Waals surface area contributed by atoms with E-state index in [2.05, 4.69) is 16.7 Å². The number of hydrogen-bond donors (Lipinski definition) is 3. The van der Waals surface area contributed by atoms with Crippen molar-refractivity contribution in [1.82, 2.24) is 0 Å². The maximum Gasteiger partial charge on any atom is 0.231 e. The molecular formula is C15H23N3O. The molecule has 0 unspecified atom stereocenters. The molecule has 1 aromatic rings. The second-order valence-electron chi connectivity index (χ2n) is 5.19. The Hall–Kier alpha value is -1.55. The fourth-order valence-electron chi connectivity index (χ4n) is 2.60. The molecule has 0 fully saturated rings. The van der Waals surface area contributed by atoms with Gasteiger partial charge < -0.3 is 16.4 Å². The number of carbonyl (C=O) groups is 1. The highest BCUT2D eigenvalue weighted by Crippen LogP contribution is 2.29. The summed E-state index contributed by atoms with van der Waals surface area (Å²) in [7, 11) is 0. The van der Waals surface area contributed by atoms with Crippen LogP contribution in [0.5, 0.6) is 0 Å². The summed E-state index contributed by atoms with van der Waals surface area (Å²) in [5, 5.41) is 6.33. The topological polar surface area (TPSA) is 67.2 Å². The normalized spacial score (nSPS) is 13.8. The van der Waals surface area contributed by atoms with E-state index in [9.17, 15) is 4.79 Å². The van der Waals surface area contributed by atoms with Crippen LogP contribution in [0.3, 0.4) is 0 Å². The summed E-state index contributed by atoms with van der Waals surface area (Å²) < 4.78 is 0. The van der Waals surface area contributed by atoms with Crippen LogP contribution >= 0.6 is 0 Å². The molecule has 1 aliphatic heterocycles. The Morgan fingerprint density at radius 3 is 2.79 bits per heavy atom. The van der Waals surface area contributed by atoms with E-state index in [0.717, 1.165) is 31.5 Å². The molecule has 4 heteroatoms. The van der Waals surface area contributed by atoms with E-state index >= 15 is 0 Å². The van der Waals surface area contributed by atoms with Gasteiger partial charge in [-0.2, -0.15) is 0 Å². The summed E-state index contributed by atoms with van der Waals surface area (Å²) in [5.41, 5.74) is 8.67. The monoisotopic (exact) mass is 261 g/mol. The molecule has 0 saturated heterocycles. The second kappa shape index (κ2) is 5.61. The first-order chi connectivity index (χ1) is 9.15. The number of anilines is 2. The first kappa shape index (κ1) is 13.9. The fraction of sp³-hybridized carbons (Fsp3) is 0.533. The van der Waals surface area contributed by atoms with E-state index in [4.69, 9.17) is 5.73 Å². The highest BCUT2D eigenvalue weighted by molar-refractivity contribution is 5.95. The Morgan fingerprint density at radius 2 is 2.16 bits per heavy atom. The number of benzene rings is 1. The predicted molar refractivity (Wildman–Crippen MR) is 79.3 cm³/mol. The zero-order chi connectivity index (χ0) is 13.9. The average Bonchev–Trinajstić information content (AvgIpc) is 2.89. The number of amides is 1. The van der Waals surface area contributed by atoms with Crippen LogP contribution in [0, 0.1) is 5.41 Å². The van der Waals surface area contributed by atoms with Crippen LogP contribution in [0.25, 0.3) is 0 Å². The lowest BCUT2D eigenvalue weighted by Crippen LogP contribution is -2.41. The lowest BCUT2D eigenvalue weighted by Gasteiger charge is -2.28. The maximum atomic E-state index is 12.4. The number of nitrogens with one attached hydrogen (secondary N) is 2. The number of fused-ring (bicyclic) bond motifs is 1. The van der Waals surface area contributed by atoms with Gasteiger partial charge in [0.1, 0.15) is 0 Å². The minimum absolute atomic E-state index is 0.0332. The lowest BCUT2D eigenvalue weighted by atomic mass is 9.81. The van der Waals surface area contributed by atoms with Crippen LogP contribution in [-0.2, 0) is 11.2 Å². The third-order valence-corrected chi connectivity index (χ3v) is 4.30. The molecule has 19 heavy (non-hydrogen) atoms. The summed E-state index contributed by atoms with van der Waals surface area (Å²) in [6.45, 7) is 5.40. The Morgan fingerprint density at radius 1 is 1.42 bits per heavy atom. The molecule has 0 saturated carbocycles. The van der Waals surface area contributed by atoms with Gasteiger partial charge in [-0.15, -0.1) is 0 Å². The molecule has 0 radical (unpaired) electrons. The number of hydrogen-bond acceptors (Lipinski definition) is 3. The predicted octanol–water partition coefficient (Wildman–Crippen LogP) is 2.36. The minimum Gasteiger partial charge on any atom is -0.384 e. The molecular weight excluding hydrogens is 238 g/mol. The van der Waals surface area contributed by atoms with Crippen molar-refractivity contribution in [2.45, 2.75) is 33.1 Å². The van der Waals surface area contributed by atoms with Crippen LogP contribution in [0.2, 0.25) is 0 Å². The average molecular weight is 261 g/mol. The molecule has 4 N–H and O–H groups in total. The standard InChI is InChI=1S/C15H23N3O/c1-3-15(4-2,10-16)14(19)18-12-5-6-13-11(9-12)7-8-17-13/h5-6,9,17H,3-4,7-8,10,16H2,1-2H3,(H,18,19). The van der Waals surface area contributed by atoms with Gasteiger partial charge in [0.2, 0.25) is 5.91 Å². The largest absolute Gasteiger partial charge is 0.384 e. The van der Waals surface area contributed by atoms with Crippen molar-refractivity contribution >= 4 is 17.3 Å². The highest BCUT2D eigenvalue weighted by Gasteiger charge is 2.33. The van der Waals surface area contributed by atoms with Crippen LogP contribution < -0.4 is 16.4 Å². The van der Waals surface area contributed by atoms with E-state index < -0.39 is 5.41 Å². The van der Waals surface area contributed by atoms with Crippen molar-refractivity contribution in [3.63, 3.8) is 0 Å². The maximum absolute atomic E-state index is 12.4. The van der Waals surface area contributed by atoms with Crippen molar-refractivity contribution in [2.24, 2.45) is 11.1 Å². The molecule has 0 aromatic heterocycles. The van der Waals surface area contributed by atoms with Gasteiger partial charge in [0.25, 0.3) is 0 Å². The van der Waals surface area contributed by atoms with Gasteiger partial charge in [0.15, 0.2) is 0 Å². The van der Waals surface area contributed by atoms with E-state index in [0.29, 0.717) is 6.54 Å². The Kier molecular flexibility index (Phi) is 4.10. The quantitative estimate of drug-likeness (QED) is 0.762. The number of nitrogens with two attached hydrogens (primary N) is 1. The fourth-order valence-corrected chi connectivity index (χ4v) is 2.60. The molecule has 0 aliphatic carbocycles. The summed E-state index contributed by atoms with van der Waals surface area (Å²) in [4.78, 5) is 12.4. The Labute approximate surface area is 114 Å². The van der Waals surface area contributed by atoms with Crippen LogP contribution in [-0.4, -0.2) is 19.0 Å². The molecule has 104 valence electrons. The van der Waals surface area contributed by atoms with Crippen LogP contribution in [0.15, 0.2) is 18.2 Å². The van der Waals surface area contributed by atoms with Gasteiger partial charge in [-0.1, -0.05) is 13.8 Å². The molecule has 0 atom stereocenters. The van der Waals surface area contributed by atoms with Crippen molar-refractivity contribution in [3.05, 3.63) is 23.8 Å². The van der Waals surface area contributed by atoms with Gasteiger partial charge in [0, 0.05) is 24.5 Å². The smallest absolute Gasteiger partial charge is 0.231 e. The minimum atomic E-state index is -0.447. The molecule has 2 rings (SSSR count). The van der Waals surface area contributed by atoms with Gasteiger partial charge in [-0.05, 0) is 43.0 Å². The van der Waals surface area contributed by atoms with E-state index in [1.807, 2.05) is 26.0 Å². The molecule has 0 bridgehead atoms. The van der Waals surface area contributed by atoms with Gasteiger partial charge in [-0.25, -0.2) is 0 Å². The summed E-state index contributed by atoms with van der Waals surface area (Å²) in [6, 6.07) is 6.03. The molecule has 1 aliphatic rings. The Balaban J connectivity index is 2.14. The first-order valence-corrected chi connectivity index (χ1v) is 7.03. The highest BCUT2D eigenvalue weighted by atomic mass is 16.2. The van der Waals surface area contributed by atoms with Crippen molar-refractivity contribution in [3.8, 4) is 0 Å². The first-order valence-electron chi connectivity index (χ1n) is 7.03. The van der Waals surface area contributed by atoms with Gasteiger partial charge in [-0.3, -0.25) is 4.79 Å². The van der Waals surface area contributed by atoms with Gasteiger partial charge in [0.05, 0.1) is 5.41 Å². The van der Waals surface area contributed by atoms with Crippen molar-refractivity contribution < 1.29 is 4.79 Å². The molecule has 1 amide bonds. The second-order valence-corrected chi connectivity index (χ2v) is 5.19. The van der Waals surface area contributed by atoms with Crippen LogP contribution in [0.1, 0.15) is 32.3 Å². The lowest BCUT2D eigenvalue weighted by molar-refractivity contribution is -0.125. The summed E-state index contributed by atoms with van der Waals surface area (Å²) in [5.74, 6) is 0.0332. The number of rotatable bonds is 5. The third-order valence-electron chi connectivity index (χ3n) is 4.30. The molecule has 1 heterocycles. The zero-order valence-electron chi connectivity index (χ0n) is 11.8. The van der Waals surface area contributed by atoms with Crippen LogP contribution in [0.4, 0.5) is 11.4 Å².